The first-order valence-corrected chi connectivity index (χ1v) is 10.4. The zero-order chi connectivity index (χ0) is 19.2. The fourth-order valence-corrected chi connectivity index (χ4v) is 4.58. The summed E-state index contributed by atoms with van der Waals surface area (Å²) in [5.41, 5.74) is 5.28. The molecule has 0 radical (unpaired) electrons. The van der Waals surface area contributed by atoms with Crippen molar-refractivity contribution in [2.24, 2.45) is 5.73 Å². The van der Waals surface area contributed by atoms with Gasteiger partial charge in [-0.3, -0.25) is 4.79 Å². The lowest BCUT2D eigenvalue weighted by Gasteiger charge is -2.15. The number of carbonyl (C=O) groups excluding carboxylic acids is 1. The van der Waals surface area contributed by atoms with Crippen LogP contribution >= 0.6 is 11.3 Å². The summed E-state index contributed by atoms with van der Waals surface area (Å²) in [5, 5.41) is 11.2. The van der Waals surface area contributed by atoms with Crippen LogP contribution in [-0.2, 0) is 10.0 Å². The minimum Gasteiger partial charge on any atom is -0.496 e. The molecule has 1 amide bonds. The minimum atomic E-state index is -3.79. The molecule has 2 aromatic rings. The first kappa shape index (κ1) is 20.4. The third-order valence-electron chi connectivity index (χ3n) is 3.95. The fourth-order valence-electron chi connectivity index (χ4n) is 2.61. The zero-order valence-corrected chi connectivity index (χ0v) is 16.0. The molecule has 0 unspecified atom stereocenters. The van der Waals surface area contributed by atoms with Gasteiger partial charge in [0.15, 0.2) is 0 Å². The fraction of sp³-hybridized carbons (Fsp3) is 0.353. The summed E-state index contributed by atoms with van der Waals surface area (Å²) >= 11 is 1.58. The summed E-state index contributed by atoms with van der Waals surface area (Å²) in [4.78, 5) is 12.5. The van der Waals surface area contributed by atoms with Crippen LogP contribution in [0.3, 0.4) is 0 Å². The summed E-state index contributed by atoms with van der Waals surface area (Å²) in [7, 11) is -2.42. The Bertz CT molecular complexity index is 835. The van der Waals surface area contributed by atoms with Crippen LogP contribution in [0.2, 0.25) is 0 Å². The highest BCUT2D eigenvalue weighted by Crippen LogP contribution is 2.27. The highest BCUT2D eigenvalue weighted by molar-refractivity contribution is 7.89. The van der Waals surface area contributed by atoms with E-state index in [9.17, 15) is 18.3 Å². The molecule has 0 aliphatic rings. The number of nitrogens with one attached hydrogen (secondary N) is 1. The molecule has 2 rings (SSSR count). The molecule has 4 N–H and O–H groups in total. The number of sulfonamides is 1. The predicted octanol–water partition coefficient (Wildman–Crippen LogP) is 1.69. The molecule has 0 aliphatic carbocycles. The SMILES string of the molecule is COc1ccc(S(=O)(=O)NCC[C@@H](CCO)c2cccs2)cc1C(N)=O. The van der Waals surface area contributed by atoms with Crippen LogP contribution in [0.4, 0.5) is 0 Å². The Hall–Kier alpha value is -1.94. The van der Waals surface area contributed by atoms with E-state index in [1.807, 2.05) is 17.5 Å². The van der Waals surface area contributed by atoms with E-state index in [1.54, 1.807) is 11.3 Å². The van der Waals surface area contributed by atoms with Gasteiger partial charge in [-0.05, 0) is 48.4 Å². The highest BCUT2D eigenvalue weighted by Gasteiger charge is 2.19. The van der Waals surface area contributed by atoms with Crippen molar-refractivity contribution < 1.29 is 23.1 Å². The normalized spacial score (nSPS) is 12.7. The molecule has 7 nitrogen and oxygen atoms in total. The van der Waals surface area contributed by atoms with Gasteiger partial charge in [0.2, 0.25) is 10.0 Å². The molecule has 0 saturated carbocycles. The van der Waals surface area contributed by atoms with Crippen molar-refractivity contribution in [3.8, 4) is 5.75 Å². The Morgan fingerprint density at radius 1 is 1.35 bits per heavy atom. The monoisotopic (exact) mass is 398 g/mol. The van der Waals surface area contributed by atoms with Crippen LogP contribution in [0, 0.1) is 0 Å². The molecule has 1 heterocycles. The predicted molar refractivity (Wildman–Crippen MR) is 100 cm³/mol. The van der Waals surface area contributed by atoms with Crippen LogP contribution in [0.15, 0.2) is 40.6 Å². The van der Waals surface area contributed by atoms with Crippen molar-refractivity contribution >= 4 is 27.3 Å². The summed E-state index contributed by atoms with van der Waals surface area (Å²) in [5.74, 6) is -0.462. The molecule has 1 aromatic carbocycles. The average Bonchev–Trinajstić information content (AvgIpc) is 3.14. The van der Waals surface area contributed by atoms with Crippen molar-refractivity contribution in [3.63, 3.8) is 0 Å². The van der Waals surface area contributed by atoms with E-state index in [0.717, 1.165) is 4.88 Å². The standard InChI is InChI=1S/C17H22N2O5S2/c1-24-15-5-4-13(11-14(15)17(18)21)26(22,23)19-8-6-12(7-9-20)16-3-2-10-25-16/h2-5,10-12,19-20H,6-9H2,1H3,(H2,18,21)/t12-/m0/s1. The van der Waals surface area contributed by atoms with E-state index < -0.39 is 15.9 Å². The molecular formula is C17H22N2O5S2. The molecule has 1 aromatic heterocycles. The Morgan fingerprint density at radius 3 is 2.69 bits per heavy atom. The second kappa shape index (κ2) is 9.13. The summed E-state index contributed by atoms with van der Waals surface area (Å²) in [6.45, 7) is 0.249. The number of nitrogens with two attached hydrogens (primary N) is 1. The van der Waals surface area contributed by atoms with Crippen molar-refractivity contribution in [1.29, 1.82) is 0 Å². The number of amides is 1. The molecule has 26 heavy (non-hydrogen) atoms. The molecule has 9 heteroatoms. The number of hydrogen-bond acceptors (Lipinski definition) is 6. The summed E-state index contributed by atoms with van der Waals surface area (Å²) < 4.78 is 32.5. The average molecular weight is 399 g/mol. The largest absolute Gasteiger partial charge is 0.496 e. The van der Waals surface area contributed by atoms with Gasteiger partial charge in [-0.25, -0.2) is 13.1 Å². The summed E-state index contributed by atoms with van der Waals surface area (Å²) in [6.07, 6.45) is 1.12. The van der Waals surface area contributed by atoms with E-state index in [-0.39, 0.29) is 35.3 Å². The van der Waals surface area contributed by atoms with E-state index >= 15 is 0 Å². The quantitative estimate of drug-likeness (QED) is 0.563. The van der Waals surface area contributed by atoms with Gasteiger partial charge in [0.05, 0.1) is 17.6 Å². The number of aliphatic hydroxyl groups excluding tert-OH is 1. The molecule has 1 atom stereocenters. The number of thiophene rings is 1. The van der Waals surface area contributed by atoms with Crippen LogP contribution in [0.25, 0.3) is 0 Å². The zero-order valence-electron chi connectivity index (χ0n) is 14.3. The van der Waals surface area contributed by atoms with Gasteiger partial charge in [0, 0.05) is 18.0 Å². The van der Waals surface area contributed by atoms with E-state index in [0.29, 0.717) is 12.8 Å². The van der Waals surface area contributed by atoms with Gasteiger partial charge in [0.25, 0.3) is 5.91 Å². The molecule has 0 bridgehead atoms. The minimum absolute atomic E-state index is 0.00659. The number of aliphatic hydroxyl groups is 1. The van der Waals surface area contributed by atoms with Crippen LogP contribution in [-0.4, -0.2) is 39.7 Å². The van der Waals surface area contributed by atoms with Crippen molar-refractivity contribution in [2.75, 3.05) is 20.3 Å². The van der Waals surface area contributed by atoms with Gasteiger partial charge in [-0.15, -0.1) is 11.3 Å². The van der Waals surface area contributed by atoms with Gasteiger partial charge in [0.1, 0.15) is 5.75 Å². The second-order valence-electron chi connectivity index (χ2n) is 5.64. The van der Waals surface area contributed by atoms with Gasteiger partial charge in [-0.1, -0.05) is 6.07 Å². The first-order valence-electron chi connectivity index (χ1n) is 8.00. The Kier molecular flexibility index (Phi) is 7.15. The number of hydrogen-bond donors (Lipinski definition) is 3. The van der Waals surface area contributed by atoms with Crippen LogP contribution < -0.4 is 15.2 Å². The number of carbonyl (C=O) groups is 1. The number of methoxy groups -OCH3 is 1. The topological polar surface area (TPSA) is 119 Å². The van der Waals surface area contributed by atoms with Crippen LogP contribution in [0.5, 0.6) is 5.75 Å². The molecule has 0 fully saturated rings. The smallest absolute Gasteiger partial charge is 0.252 e. The number of rotatable bonds is 10. The molecular weight excluding hydrogens is 376 g/mol. The Labute approximate surface area is 156 Å². The lowest BCUT2D eigenvalue weighted by Crippen LogP contribution is -2.26. The van der Waals surface area contributed by atoms with Gasteiger partial charge < -0.3 is 15.6 Å². The first-order chi connectivity index (χ1) is 12.4. The number of benzene rings is 1. The second-order valence-corrected chi connectivity index (χ2v) is 8.38. The Morgan fingerprint density at radius 2 is 2.12 bits per heavy atom. The van der Waals surface area contributed by atoms with Gasteiger partial charge in [-0.2, -0.15) is 0 Å². The third-order valence-corrected chi connectivity index (χ3v) is 6.45. The molecule has 0 saturated heterocycles. The summed E-state index contributed by atoms with van der Waals surface area (Å²) in [6, 6.07) is 7.86. The third kappa shape index (κ3) is 5.04. The number of ether oxygens (including phenoxy) is 1. The van der Waals surface area contributed by atoms with Crippen molar-refractivity contribution in [2.45, 2.75) is 23.7 Å². The van der Waals surface area contributed by atoms with E-state index in [2.05, 4.69) is 4.72 Å². The molecule has 142 valence electrons. The Balaban J connectivity index is 2.08. The lowest BCUT2D eigenvalue weighted by molar-refractivity contribution is 0.0997. The van der Waals surface area contributed by atoms with Crippen molar-refractivity contribution in [3.05, 3.63) is 46.2 Å². The number of primary amides is 1. The molecule has 0 aliphatic heterocycles. The maximum atomic E-state index is 12.5. The van der Waals surface area contributed by atoms with E-state index in [4.69, 9.17) is 10.5 Å². The molecule has 0 spiro atoms. The van der Waals surface area contributed by atoms with E-state index in [1.165, 1.54) is 25.3 Å². The van der Waals surface area contributed by atoms with Gasteiger partial charge >= 0.3 is 0 Å². The van der Waals surface area contributed by atoms with Crippen LogP contribution in [0.1, 0.15) is 34.0 Å². The maximum Gasteiger partial charge on any atom is 0.252 e. The van der Waals surface area contributed by atoms with Crippen molar-refractivity contribution in [1.82, 2.24) is 4.72 Å². The lowest BCUT2D eigenvalue weighted by atomic mass is 10.0. The maximum absolute atomic E-state index is 12.5. The highest BCUT2D eigenvalue weighted by atomic mass is 32.2.